The van der Waals surface area contributed by atoms with Crippen LogP contribution >= 0.6 is 27.5 Å². The Morgan fingerprint density at radius 2 is 2.25 bits per heavy atom. The summed E-state index contributed by atoms with van der Waals surface area (Å²) in [4.78, 5) is 4.09. The highest BCUT2D eigenvalue weighted by molar-refractivity contribution is 9.10. The van der Waals surface area contributed by atoms with Crippen LogP contribution in [-0.2, 0) is 0 Å². The molecular formula is C7H9BrClN3. The quantitative estimate of drug-likeness (QED) is 0.817. The fraction of sp³-hybridized carbons (Fsp3) is 0.286. The summed E-state index contributed by atoms with van der Waals surface area (Å²) in [6, 6.07) is 1.79. The maximum absolute atomic E-state index is 5.72. The zero-order chi connectivity index (χ0) is 9.14. The van der Waals surface area contributed by atoms with Crippen molar-refractivity contribution in [2.24, 2.45) is 0 Å². The largest absolute Gasteiger partial charge is 0.303 e. The Hall–Kier alpha value is -0.320. The van der Waals surface area contributed by atoms with E-state index in [1.807, 2.05) is 14.1 Å². The van der Waals surface area contributed by atoms with Gasteiger partial charge in [0.15, 0.2) is 5.82 Å². The molecule has 1 aromatic heterocycles. The third kappa shape index (κ3) is 2.62. The fourth-order valence-electron chi connectivity index (χ4n) is 0.709. The topological polar surface area (TPSA) is 28.2 Å². The van der Waals surface area contributed by atoms with Crippen LogP contribution in [0.3, 0.4) is 0 Å². The van der Waals surface area contributed by atoms with Crippen LogP contribution < -0.4 is 5.43 Å². The molecule has 1 rings (SSSR count). The first-order valence-electron chi connectivity index (χ1n) is 3.34. The van der Waals surface area contributed by atoms with E-state index in [0.717, 1.165) is 10.3 Å². The minimum atomic E-state index is 0.617. The van der Waals surface area contributed by atoms with Crippen LogP contribution in [0.15, 0.2) is 16.7 Å². The summed E-state index contributed by atoms with van der Waals surface area (Å²) < 4.78 is 0.851. The van der Waals surface area contributed by atoms with Crippen LogP contribution in [0.1, 0.15) is 0 Å². The summed E-state index contributed by atoms with van der Waals surface area (Å²) in [5.41, 5.74) is 3.02. The molecule has 0 unspecified atom stereocenters. The second-order valence-electron chi connectivity index (χ2n) is 2.49. The van der Waals surface area contributed by atoms with Crippen molar-refractivity contribution in [2.75, 3.05) is 19.5 Å². The molecule has 1 heterocycles. The molecule has 1 aromatic rings. The molecular weight excluding hydrogens is 241 g/mol. The summed E-state index contributed by atoms with van der Waals surface area (Å²) >= 11 is 9.06. The van der Waals surface area contributed by atoms with Crippen LogP contribution in [0.4, 0.5) is 5.82 Å². The van der Waals surface area contributed by atoms with E-state index < -0.39 is 0 Å². The van der Waals surface area contributed by atoms with Crippen molar-refractivity contribution in [1.82, 2.24) is 9.99 Å². The predicted octanol–water partition coefficient (Wildman–Crippen LogP) is 2.39. The van der Waals surface area contributed by atoms with Crippen molar-refractivity contribution in [3.05, 3.63) is 21.8 Å². The summed E-state index contributed by atoms with van der Waals surface area (Å²) in [6.07, 6.45) is 1.60. The molecule has 0 radical (unpaired) electrons. The van der Waals surface area contributed by atoms with Crippen molar-refractivity contribution < 1.29 is 0 Å². The zero-order valence-corrected chi connectivity index (χ0v) is 9.15. The number of nitrogens with one attached hydrogen (secondary N) is 1. The summed E-state index contributed by atoms with van der Waals surface area (Å²) in [5, 5.41) is 2.42. The lowest BCUT2D eigenvalue weighted by Gasteiger charge is -2.13. The number of hydrogen-bond acceptors (Lipinski definition) is 3. The Bertz CT molecular complexity index is 277. The maximum Gasteiger partial charge on any atom is 0.154 e. The van der Waals surface area contributed by atoms with Gasteiger partial charge < -0.3 is 5.43 Å². The normalized spacial score (nSPS) is 10.4. The van der Waals surface area contributed by atoms with Crippen molar-refractivity contribution in [2.45, 2.75) is 0 Å². The van der Waals surface area contributed by atoms with Crippen LogP contribution in [-0.4, -0.2) is 24.1 Å². The highest BCUT2D eigenvalue weighted by Crippen LogP contribution is 2.22. The summed E-state index contributed by atoms with van der Waals surface area (Å²) in [7, 11) is 3.78. The lowest BCUT2D eigenvalue weighted by molar-refractivity contribution is 0.492. The molecule has 0 aromatic carbocycles. The van der Waals surface area contributed by atoms with Gasteiger partial charge in [-0.05, 0) is 22.0 Å². The Labute approximate surface area is 84.8 Å². The van der Waals surface area contributed by atoms with E-state index in [2.05, 4.69) is 26.3 Å². The molecule has 0 aliphatic heterocycles. The molecule has 0 aliphatic rings. The van der Waals surface area contributed by atoms with Crippen molar-refractivity contribution >= 4 is 33.3 Å². The molecule has 0 fully saturated rings. The third-order valence-corrected chi connectivity index (χ3v) is 1.95. The standard InChI is InChI=1S/C7H9BrClN3/c1-12(2)11-7-6(8)3-5(9)4-10-7/h3-4H,1-2H3,(H,10,11). The molecule has 66 valence electrons. The number of nitrogens with zero attached hydrogens (tertiary/aromatic N) is 2. The van der Waals surface area contributed by atoms with E-state index in [1.165, 1.54) is 0 Å². The molecule has 0 atom stereocenters. The molecule has 0 spiro atoms. The second-order valence-corrected chi connectivity index (χ2v) is 3.78. The molecule has 3 nitrogen and oxygen atoms in total. The third-order valence-electron chi connectivity index (χ3n) is 1.14. The van der Waals surface area contributed by atoms with Gasteiger partial charge in [0, 0.05) is 20.3 Å². The molecule has 0 amide bonds. The highest BCUT2D eigenvalue weighted by Gasteiger charge is 2.01. The first-order chi connectivity index (χ1) is 5.59. The Balaban J connectivity index is 2.86. The second kappa shape index (κ2) is 4.07. The van der Waals surface area contributed by atoms with E-state index in [4.69, 9.17) is 11.6 Å². The van der Waals surface area contributed by atoms with Gasteiger partial charge in [-0.1, -0.05) is 11.6 Å². The molecule has 0 saturated carbocycles. The number of halogens is 2. The predicted molar refractivity (Wildman–Crippen MR) is 54.3 cm³/mol. The smallest absolute Gasteiger partial charge is 0.154 e. The average Bonchev–Trinajstić information content (AvgIpc) is 1.94. The minimum Gasteiger partial charge on any atom is -0.303 e. The van der Waals surface area contributed by atoms with Gasteiger partial charge in [-0.2, -0.15) is 0 Å². The van der Waals surface area contributed by atoms with E-state index in [0.29, 0.717) is 5.02 Å². The summed E-state index contributed by atoms with van der Waals surface area (Å²) in [6.45, 7) is 0. The van der Waals surface area contributed by atoms with Crippen LogP contribution in [0, 0.1) is 0 Å². The van der Waals surface area contributed by atoms with Crippen molar-refractivity contribution in [1.29, 1.82) is 0 Å². The number of hydrogen-bond donors (Lipinski definition) is 1. The van der Waals surface area contributed by atoms with Gasteiger partial charge >= 0.3 is 0 Å². The average molecular weight is 251 g/mol. The molecule has 1 N–H and O–H groups in total. The van der Waals surface area contributed by atoms with Gasteiger partial charge in [-0.15, -0.1) is 0 Å². The number of pyridine rings is 1. The Morgan fingerprint density at radius 3 is 2.75 bits per heavy atom. The number of anilines is 1. The molecule has 0 saturated heterocycles. The molecule has 12 heavy (non-hydrogen) atoms. The number of hydrazine groups is 1. The van der Waals surface area contributed by atoms with Gasteiger partial charge in [-0.3, -0.25) is 0 Å². The fourth-order valence-corrected chi connectivity index (χ4v) is 1.44. The molecule has 0 bridgehead atoms. The van der Waals surface area contributed by atoms with E-state index in [9.17, 15) is 0 Å². The Kier molecular flexibility index (Phi) is 3.31. The minimum absolute atomic E-state index is 0.617. The van der Waals surface area contributed by atoms with Crippen LogP contribution in [0.25, 0.3) is 0 Å². The van der Waals surface area contributed by atoms with Gasteiger partial charge in [0.2, 0.25) is 0 Å². The maximum atomic E-state index is 5.72. The Morgan fingerprint density at radius 1 is 1.58 bits per heavy atom. The van der Waals surface area contributed by atoms with E-state index in [1.54, 1.807) is 17.3 Å². The molecule has 5 heteroatoms. The first kappa shape index (κ1) is 9.77. The highest BCUT2D eigenvalue weighted by atomic mass is 79.9. The number of rotatable bonds is 2. The van der Waals surface area contributed by atoms with Gasteiger partial charge in [0.25, 0.3) is 0 Å². The van der Waals surface area contributed by atoms with E-state index in [-0.39, 0.29) is 0 Å². The lowest BCUT2D eigenvalue weighted by Crippen LogP contribution is -2.20. The van der Waals surface area contributed by atoms with Crippen LogP contribution in [0.5, 0.6) is 0 Å². The molecule has 0 aliphatic carbocycles. The van der Waals surface area contributed by atoms with Crippen LogP contribution in [0.2, 0.25) is 5.02 Å². The lowest BCUT2D eigenvalue weighted by atomic mass is 10.5. The van der Waals surface area contributed by atoms with Gasteiger partial charge in [0.1, 0.15) is 0 Å². The first-order valence-corrected chi connectivity index (χ1v) is 4.51. The summed E-state index contributed by atoms with van der Waals surface area (Å²) in [5.74, 6) is 0.754. The van der Waals surface area contributed by atoms with Crippen molar-refractivity contribution in [3.63, 3.8) is 0 Å². The van der Waals surface area contributed by atoms with Crippen molar-refractivity contribution in [3.8, 4) is 0 Å². The zero-order valence-electron chi connectivity index (χ0n) is 6.81. The number of aromatic nitrogens is 1. The monoisotopic (exact) mass is 249 g/mol. The van der Waals surface area contributed by atoms with E-state index >= 15 is 0 Å². The van der Waals surface area contributed by atoms with Gasteiger partial charge in [-0.25, -0.2) is 9.99 Å². The van der Waals surface area contributed by atoms with Gasteiger partial charge in [0.05, 0.1) is 9.50 Å². The SMILES string of the molecule is CN(C)Nc1ncc(Cl)cc1Br.